The summed E-state index contributed by atoms with van der Waals surface area (Å²) in [6, 6.07) is 0.740. The van der Waals surface area contributed by atoms with Gasteiger partial charge in [-0.2, -0.15) is 5.26 Å². The van der Waals surface area contributed by atoms with E-state index in [1.165, 1.54) is 16.5 Å². The van der Waals surface area contributed by atoms with Crippen molar-refractivity contribution in [2.45, 2.75) is 6.04 Å². The lowest BCUT2D eigenvalue weighted by atomic mass is 10.2. The van der Waals surface area contributed by atoms with Gasteiger partial charge in [-0.3, -0.25) is 9.59 Å². The van der Waals surface area contributed by atoms with E-state index < -0.39 is 29.5 Å². The summed E-state index contributed by atoms with van der Waals surface area (Å²) >= 11 is 1.10. The van der Waals surface area contributed by atoms with Crippen LogP contribution in [0.15, 0.2) is 34.5 Å². The van der Waals surface area contributed by atoms with Crippen molar-refractivity contribution in [3.63, 3.8) is 0 Å². The van der Waals surface area contributed by atoms with Gasteiger partial charge in [-0.05, 0) is 0 Å². The number of nitrogen functional groups attached to an aromatic ring is 1. The largest absolute Gasteiger partial charge is 0.476 e. The van der Waals surface area contributed by atoms with Crippen molar-refractivity contribution in [1.29, 1.82) is 5.26 Å². The molecule has 0 spiro atoms. The van der Waals surface area contributed by atoms with Gasteiger partial charge in [0, 0.05) is 11.9 Å². The number of nitrogens with two attached hydrogens (primary N) is 1. The van der Waals surface area contributed by atoms with E-state index in [9.17, 15) is 19.5 Å². The van der Waals surface area contributed by atoms with Crippen LogP contribution in [0, 0.1) is 11.3 Å². The number of fused-ring (bicyclic) bond motifs is 1. The second kappa shape index (κ2) is 8.09. The summed E-state index contributed by atoms with van der Waals surface area (Å²) in [7, 11) is 0. The minimum Gasteiger partial charge on any atom is -0.476 e. The van der Waals surface area contributed by atoms with Crippen LogP contribution in [0.1, 0.15) is 5.69 Å². The number of oxime groups is 1. The molecule has 1 saturated heterocycles. The molecule has 1 aromatic rings. The molecule has 0 radical (unpaired) electrons. The third kappa shape index (κ3) is 3.79. The third-order valence-corrected chi connectivity index (χ3v) is 4.67. The summed E-state index contributed by atoms with van der Waals surface area (Å²) in [6.07, 6.45) is 1.43. The lowest BCUT2D eigenvalue weighted by molar-refractivity contribution is -0.143. The number of nitriles is 1. The van der Waals surface area contributed by atoms with Crippen molar-refractivity contribution in [1.82, 2.24) is 20.3 Å². The van der Waals surface area contributed by atoms with Gasteiger partial charge in [-0.1, -0.05) is 17.8 Å². The van der Waals surface area contributed by atoms with Crippen LogP contribution in [0.5, 0.6) is 0 Å². The number of rotatable bonds is 7. The summed E-state index contributed by atoms with van der Waals surface area (Å²) in [5.41, 5.74) is 5.12. The maximum Gasteiger partial charge on any atom is 0.355 e. The molecule has 13 heteroatoms. The average molecular weight is 417 g/mol. The van der Waals surface area contributed by atoms with E-state index in [2.05, 4.69) is 22.0 Å². The molecule has 12 nitrogen and oxygen atoms in total. The van der Waals surface area contributed by atoms with E-state index in [1.807, 2.05) is 0 Å². The highest BCUT2D eigenvalue weighted by Gasteiger charge is 2.48. The number of hydrogen-bond donors (Lipinski definition) is 3. The predicted molar refractivity (Wildman–Crippen MR) is 99.8 cm³/mol. The quantitative estimate of drug-likeness (QED) is 0.219. The average Bonchev–Trinajstić information content (AvgIpc) is 3.34. The molecule has 0 aliphatic carbocycles. The van der Waals surface area contributed by atoms with Crippen molar-refractivity contribution >= 4 is 40.0 Å². The molecule has 3 rings (SSSR count). The number of amides is 2. The van der Waals surface area contributed by atoms with Crippen LogP contribution >= 0.6 is 11.3 Å². The Kier molecular flexibility index (Phi) is 5.57. The highest BCUT2D eigenvalue weighted by atomic mass is 32.1. The van der Waals surface area contributed by atoms with Crippen LogP contribution < -0.4 is 11.1 Å². The van der Waals surface area contributed by atoms with Gasteiger partial charge >= 0.3 is 5.97 Å². The molecule has 1 atom stereocenters. The third-order valence-electron chi connectivity index (χ3n) is 3.99. The number of hydrazine groups is 1. The Bertz CT molecular complexity index is 992. The van der Waals surface area contributed by atoms with Gasteiger partial charge in [-0.15, -0.1) is 11.3 Å². The first-order valence-corrected chi connectivity index (χ1v) is 9.03. The van der Waals surface area contributed by atoms with E-state index in [1.54, 1.807) is 6.07 Å². The topological polar surface area (TPSA) is 174 Å². The van der Waals surface area contributed by atoms with Gasteiger partial charge in [0.15, 0.2) is 16.5 Å². The van der Waals surface area contributed by atoms with Crippen LogP contribution in [-0.4, -0.2) is 69.3 Å². The zero-order valence-corrected chi connectivity index (χ0v) is 15.7. The Morgan fingerprint density at radius 1 is 1.62 bits per heavy atom. The number of carboxylic acids is 1. The number of nitrogens with zero attached hydrogens (tertiary/aromatic N) is 5. The Morgan fingerprint density at radius 2 is 2.38 bits per heavy atom. The Labute approximate surface area is 168 Å². The van der Waals surface area contributed by atoms with Gasteiger partial charge in [0.1, 0.15) is 18.3 Å². The number of hydrogen-bond acceptors (Lipinski definition) is 10. The molecule has 4 N–H and O–H groups in total. The fourth-order valence-electron chi connectivity index (χ4n) is 2.83. The predicted octanol–water partition coefficient (Wildman–Crippen LogP) is -0.948. The lowest BCUT2D eigenvalue weighted by Gasteiger charge is -2.18. The normalized spacial score (nSPS) is 19.1. The molecule has 2 aliphatic rings. The summed E-state index contributed by atoms with van der Waals surface area (Å²) in [6.45, 7) is 3.48. The van der Waals surface area contributed by atoms with Crippen LogP contribution in [0.25, 0.3) is 0 Å². The van der Waals surface area contributed by atoms with Gasteiger partial charge in [0.2, 0.25) is 0 Å². The zero-order chi connectivity index (χ0) is 21.1. The number of anilines is 1. The lowest BCUT2D eigenvalue weighted by Crippen LogP contribution is -2.46. The summed E-state index contributed by atoms with van der Waals surface area (Å²) < 4.78 is 0. The molecule has 0 unspecified atom stereocenters. The highest BCUT2D eigenvalue weighted by Crippen LogP contribution is 2.29. The molecule has 0 saturated carbocycles. The fraction of sp³-hybridized carbons (Fsp3) is 0.250. The van der Waals surface area contributed by atoms with Gasteiger partial charge in [-0.25, -0.2) is 19.8 Å². The van der Waals surface area contributed by atoms with Gasteiger partial charge in [0.25, 0.3) is 11.8 Å². The number of aliphatic carboxylic acids is 1. The van der Waals surface area contributed by atoms with Crippen molar-refractivity contribution in [2.24, 2.45) is 5.16 Å². The first kappa shape index (κ1) is 20.0. The van der Waals surface area contributed by atoms with E-state index in [0.717, 1.165) is 16.3 Å². The molecule has 1 aromatic heterocycles. The second-order valence-corrected chi connectivity index (χ2v) is 6.75. The highest BCUT2D eigenvalue weighted by molar-refractivity contribution is 7.13. The van der Waals surface area contributed by atoms with Gasteiger partial charge < -0.3 is 21.0 Å². The maximum atomic E-state index is 12.7. The molecule has 0 bridgehead atoms. The fourth-order valence-corrected chi connectivity index (χ4v) is 3.37. The van der Waals surface area contributed by atoms with Crippen LogP contribution in [-0.2, 0) is 19.2 Å². The van der Waals surface area contributed by atoms with E-state index in [0.29, 0.717) is 0 Å². The number of carbonyl (C=O) groups is 3. The second-order valence-electron chi connectivity index (χ2n) is 5.86. The van der Waals surface area contributed by atoms with E-state index >= 15 is 0 Å². The number of carboxylic acid groups (broad SMARTS) is 1. The molecule has 3 heterocycles. The molecule has 2 amide bonds. The summed E-state index contributed by atoms with van der Waals surface area (Å²) in [5, 5.41) is 28.7. The first-order valence-electron chi connectivity index (χ1n) is 8.15. The molecular weight excluding hydrogens is 402 g/mol. The monoisotopic (exact) mass is 417 g/mol. The van der Waals surface area contributed by atoms with Crippen LogP contribution in [0.3, 0.4) is 0 Å². The smallest absolute Gasteiger partial charge is 0.355 e. The number of thiazole rings is 1. The minimum absolute atomic E-state index is 0.00741. The Balaban J connectivity index is 1.80. The van der Waals surface area contributed by atoms with Gasteiger partial charge in [0.05, 0.1) is 18.2 Å². The van der Waals surface area contributed by atoms with Crippen molar-refractivity contribution < 1.29 is 24.3 Å². The Hall–Kier alpha value is -3.76. The number of carbonyl (C=O) groups excluding carboxylic acids is 2. The standard InChI is InChI=1S/C16H15N7O5S/c1-2-3-28-21-11(10-7-29-16(18)20-10)13(24)19-9-6-22-5-8(4-17)12(15(26)27)23(22)14(9)25/h2,7,9H,1,3,5-6H2,(H2,18,20)(H,19,24)(H,26,27)/t9-/m0/s1. The van der Waals surface area contributed by atoms with Crippen molar-refractivity contribution in [3.05, 3.63) is 35.0 Å². The zero-order valence-electron chi connectivity index (χ0n) is 14.9. The van der Waals surface area contributed by atoms with E-state index in [-0.39, 0.29) is 41.8 Å². The first-order chi connectivity index (χ1) is 13.9. The Morgan fingerprint density at radius 3 is 2.97 bits per heavy atom. The molecule has 29 heavy (non-hydrogen) atoms. The minimum atomic E-state index is -1.40. The summed E-state index contributed by atoms with van der Waals surface area (Å²) in [4.78, 5) is 45.8. The van der Waals surface area contributed by atoms with E-state index in [4.69, 9.17) is 15.8 Å². The van der Waals surface area contributed by atoms with Crippen molar-refractivity contribution in [2.75, 3.05) is 25.4 Å². The molecule has 1 fully saturated rings. The molecule has 0 aromatic carbocycles. The summed E-state index contributed by atoms with van der Waals surface area (Å²) in [5.74, 6) is -2.82. The SMILES string of the molecule is C=CCON=C(C(=O)N[C@H]1CN2CC(C#N)=C(C(=O)O)N2C1=O)c1csc(N)n1. The van der Waals surface area contributed by atoms with Crippen molar-refractivity contribution in [3.8, 4) is 6.07 Å². The van der Waals surface area contributed by atoms with Crippen LogP contribution in [0.4, 0.5) is 5.13 Å². The van der Waals surface area contributed by atoms with Crippen LogP contribution in [0.2, 0.25) is 0 Å². The maximum absolute atomic E-state index is 12.7. The molecular formula is C16H15N7O5S. The molecule has 150 valence electrons. The number of aromatic nitrogens is 1. The number of nitrogens with one attached hydrogen (secondary N) is 1. The molecule has 2 aliphatic heterocycles.